The molecule has 0 amide bonds. The molecule has 0 unspecified atom stereocenters. The fourth-order valence-electron chi connectivity index (χ4n) is 4.49. The van der Waals surface area contributed by atoms with Crippen LogP contribution in [-0.4, -0.2) is 5.71 Å². The molecule has 0 aromatic heterocycles. The smallest absolute Gasteiger partial charge is 0.0561 e. The van der Waals surface area contributed by atoms with Crippen molar-refractivity contribution in [3.05, 3.63) is 30.3 Å². The summed E-state index contributed by atoms with van der Waals surface area (Å²) in [6.07, 6.45) is 7.13. The summed E-state index contributed by atoms with van der Waals surface area (Å²) in [4.78, 5) is 0. The summed E-state index contributed by atoms with van der Waals surface area (Å²) in [6.45, 7) is 0. The van der Waals surface area contributed by atoms with Crippen molar-refractivity contribution in [3.8, 4) is 0 Å². The number of para-hydroxylation sites is 1. The van der Waals surface area contributed by atoms with Crippen molar-refractivity contribution in [2.75, 3.05) is 5.43 Å². The molecule has 4 saturated carbocycles. The third kappa shape index (κ3) is 1.75. The van der Waals surface area contributed by atoms with Crippen LogP contribution in [0.2, 0.25) is 0 Å². The molecule has 0 heterocycles. The summed E-state index contributed by atoms with van der Waals surface area (Å²) in [5.74, 6) is 3.61. The molecule has 2 heteroatoms. The number of hydrazone groups is 1. The van der Waals surface area contributed by atoms with Gasteiger partial charge in [0.05, 0.1) is 5.69 Å². The Labute approximate surface area is 108 Å². The lowest BCUT2D eigenvalue weighted by molar-refractivity contribution is 0.108. The molecule has 0 atom stereocenters. The van der Waals surface area contributed by atoms with Crippen molar-refractivity contribution in [2.45, 2.75) is 32.1 Å². The minimum Gasteiger partial charge on any atom is -0.279 e. The number of nitrogens with zero attached hydrogens (tertiary/aromatic N) is 1. The second-order valence-corrected chi connectivity index (χ2v) is 6.32. The Morgan fingerprint density at radius 3 is 2.06 bits per heavy atom. The Balaban J connectivity index is 1.54. The summed E-state index contributed by atoms with van der Waals surface area (Å²) in [6, 6.07) is 10.3. The largest absolute Gasteiger partial charge is 0.279 e. The molecule has 4 bridgehead atoms. The summed E-state index contributed by atoms with van der Waals surface area (Å²) < 4.78 is 0. The van der Waals surface area contributed by atoms with E-state index >= 15 is 0 Å². The molecule has 0 spiro atoms. The van der Waals surface area contributed by atoms with Crippen molar-refractivity contribution >= 4 is 11.4 Å². The van der Waals surface area contributed by atoms with E-state index in [0.717, 1.165) is 29.4 Å². The molecular formula is C16H20N2. The zero-order valence-electron chi connectivity index (χ0n) is 10.7. The molecule has 0 aliphatic heterocycles. The Morgan fingerprint density at radius 2 is 1.44 bits per heavy atom. The third-order valence-electron chi connectivity index (χ3n) is 5.06. The van der Waals surface area contributed by atoms with E-state index in [1.54, 1.807) is 0 Å². The minimum atomic E-state index is 0.789. The van der Waals surface area contributed by atoms with Gasteiger partial charge in [0.2, 0.25) is 0 Å². The van der Waals surface area contributed by atoms with Crippen LogP contribution in [0.4, 0.5) is 5.69 Å². The lowest BCUT2D eigenvalue weighted by Crippen LogP contribution is -2.45. The molecule has 5 rings (SSSR count). The van der Waals surface area contributed by atoms with Gasteiger partial charge < -0.3 is 0 Å². The second kappa shape index (κ2) is 4.11. The van der Waals surface area contributed by atoms with Crippen LogP contribution in [0.5, 0.6) is 0 Å². The van der Waals surface area contributed by atoms with E-state index in [-0.39, 0.29) is 0 Å². The van der Waals surface area contributed by atoms with E-state index in [9.17, 15) is 0 Å². The second-order valence-electron chi connectivity index (χ2n) is 6.32. The molecule has 1 aromatic carbocycles. The number of benzene rings is 1. The summed E-state index contributed by atoms with van der Waals surface area (Å²) >= 11 is 0. The zero-order valence-corrected chi connectivity index (χ0v) is 10.7. The highest BCUT2D eigenvalue weighted by atomic mass is 15.3. The van der Waals surface area contributed by atoms with Gasteiger partial charge in [-0.15, -0.1) is 0 Å². The van der Waals surface area contributed by atoms with Crippen molar-refractivity contribution in [3.63, 3.8) is 0 Å². The first-order chi connectivity index (χ1) is 8.88. The van der Waals surface area contributed by atoms with Crippen molar-refractivity contribution in [1.29, 1.82) is 0 Å². The Kier molecular flexibility index (Phi) is 2.42. The van der Waals surface area contributed by atoms with Crippen molar-refractivity contribution < 1.29 is 0 Å². The molecule has 18 heavy (non-hydrogen) atoms. The molecule has 0 saturated heterocycles. The maximum atomic E-state index is 4.76. The highest BCUT2D eigenvalue weighted by molar-refractivity contribution is 5.91. The average Bonchev–Trinajstić information content (AvgIpc) is 2.38. The third-order valence-corrected chi connectivity index (χ3v) is 5.06. The molecular weight excluding hydrogens is 220 g/mol. The fraction of sp³-hybridized carbons (Fsp3) is 0.562. The van der Waals surface area contributed by atoms with Gasteiger partial charge in [-0.3, -0.25) is 5.43 Å². The summed E-state index contributed by atoms with van der Waals surface area (Å²) in [5.41, 5.74) is 5.85. The maximum absolute atomic E-state index is 4.76. The predicted molar refractivity (Wildman–Crippen MR) is 74.5 cm³/mol. The highest BCUT2D eigenvalue weighted by Crippen LogP contribution is 2.52. The molecule has 2 nitrogen and oxygen atoms in total. The first-order valence-corrected chi connectivity index (χ1v) is 7.27. The Morgan fingerprint density at radius 1 is 0.833 bits per heavy atom. The standard InChI is InChI=1S/C16H20N2/c1-2-4-15(5-3-1)17-18-16-13-7-11-6-12(9-13)10-14(16)8-11/h1-5,11-14,17H,6-10H2. The first kappa shape index (κ1) is 10.6. The summed E-state index contributed by atoms with van der Waals surface area (Å²) in [7, 11) is 0. The van der Waals surface area contributed by atoms with Crippen LogP contribution in [0.1, 0.15) is 32.1 Å². The van der Waals surface area contributed by atoms with Gasteiger partial charge in [-0.05, 0) is 67.9 Å². The van der Waals surface area contributed by atoms with Crippen LogP contribution >= 0.6 is 0 Å². The van der Waals surface area contributed by atoms with E-state index in [2.05, 4.69) is 29.7 Å². The van der Waals surface area contributed by atoms with Crippen LogP contribution < -0.4 is 5.43 Å². The van der Waals surface area contributed by atoms with Gasteiger partial charge in [0.25, 0.3) is 0 Å². The Bertz CT molecular complexity index is 433. The Hall–Kier alpha value is -1.31. The van der Waals surface area contributed by atoms with E-state index in [4.69, 9.17) is 5.10 Å². The van der Waals surface area contributed by atoms with Crippen LogP contribution in [0.25, 0.3) is 0 Å². The number of anilines is 1. The van der Waals surface area contributed by atoms with Gasteiger partial charge in [0.1, 0.15) is 0 Å². The van der Waals surface area contributed by atoms with Gasteiger partial charge in [0, 0.05) is 5.71 Å². The maximum Gasteiger partial charge on any atom is 0.0561 e. The van der Waals surface area contributed by atoms with Crippen LogP contribution in [0.3, 0.4) is 0 Å². The fourth-order valence-corrected chi connectivity index (χ4v) is 4.49. The highest BCUT2D eigenvalue weighted by Gasteiger charge is 2.46. The SMILES string of the molecule is c1ccc(NN=C2C3CC4CC(C3)CC2C4)cc1. The van der Waals surface area contributed by atoms with Crippen molar-refractivity contribution in [1.82, 2.24) is 0 Å². The molecule has 4 aliphatic carbocycles. The summed E-state index contributed by atoms with van der Waals surface area (Å²) in [5, 5.41) is 4.76. The lowest BCUT2D eigenvalue weighted by Gasteiger charge is -2.50. The number of nitrogens with one attached hydrogen (secondary N) is 1. The van der Waals surface area contributed by atoms with E-state index in [1.165, 1.54) is 37.8 Å². The molecule has 4 aliphatic rings. The molecule has 4 fully saturated rings. The molecule has 94 valence electrons. The van der Waals surface area contributed by atoms with E-state index in [0.29, 0.717) is 0 Å². The van der Waals surface area contributed by atoms with E-state index < -0.39 is 0 Å². The van der Waals surface area contributed by atoms with Gasteiger partial charge in [-0.1, -0.05) is 18.2 Å². The minimum absolute atomic E-state index is 0.789. The quantitative estimate of drug-likeness (QED) is 0.779. The normalized spacial score (nSPS) is 36.8. The van der Waals surface area contributed by atoms with Gasteiger partial charge in [-0.2, -0.15) is 5.10 Å². The zero-order chi connectivity index (χ0) is 11.9. The van der Waals surface area contributed by atoms with Gasteiger partial charge in [0.15, 0.2) is 0 Å². The first-order valence-electron chi connectivity index (χ1n) is 7.27. The van der Waals surface area contributed by atoms with Crippen LogP contribution in [0.15, 0.2) is 35.4 Å². The van der Waals surface area contributed by atoms with E-state index in [1.807, 2.05) is 6.07 Å². The van der Waals surface area contributed by atoms with Crippen LogP contribution in [-0.2, 0) is 0 Å². The number of hydrogen-bond acceptors (Lipinski definition) is 2. The van der Waals surface area contributed by atoms with Crippen molar-refractivity contribution in [2.24, 2.45) is 28.8 Å². The number of hydrogen-bond donors (Lipinski definition) is 1. The van der Waals surface area contributed by atoms with Crippen LogP contribution in [0, 0.1) is 23.7 Å². The topological polar surface area (TPSA) is 24.4 Å². The molecule has 1 aromatic rings. The van der Waals surface area contributed by atoms with Gasteiger partial charge >= 0.3 is 0 Å². The van der Waals surface area contributed by atoms with Gasteiger partial charge in [-0.25, -0.2) is 0 Å². The molecule has 1 N–H and O–H groups in total. The molecule has 0 radical (unpaired) electrons. The average molecular weight is 240 g/mol. The lowest BCUT2D eigenvalue weighted by atomic mass is 9.55. The number of rotatable bonds is 2. The monoisotopic (exact) mass is 240 g/mol. The predicted octanol–water partition coefficient (Wildman–Crippen LogP) is 3.91.